The van der Waals surface area contributed by atoms with E-state index < -0.39 is 17.2 Å². The topological polar surface area (TPSA) is 77.2 Å². The molecule has 156 valence electrons. The molecule has 2 aromatic carbocycles. The number of aromatic nitrogens is 3. The van der Waals surface area contributed by atoms with Crippen molar-refractivity contribution >= 4 is 5.91 Å². The van der Waals surface area contributed by atoms with Gasteiger partial charge < -0.3 is 4.90 Å². The average Bonchev–Trinajstić information content (AvgIpc) is 2.74. The summed E-state index contributed by atoms with van der Waals surface area (Å²) in [5, 5.41) is 4.19. The SMILES string of the molecule is CCN(CC)C(=O)c1nn(-c2ccc(C)cc2)c(=O)n(Cc2ccccc2C)c1=O. The van der Waals surface area contributed by atoms with Gasteiger partial charge in [-0.1, -0.05) is 42.0 Å². The summed E-state index contributed by atoms with van der Waals surface area (Å²) in [6, 6.07) is 14.7. The third kappa shape index (κ3) is 4.10. The van der Waals surface area contributed by atoms with E-state index in [9.17, 15) is 14.4 Å². The van der Waals surface area contributed by atoms with E-state index in [-0.39, 0.29) is 12.2 Å². The molecule has 30 heavy (non-hydrogen) atoms. The van der Waals surface area contributed by atoms with Crippen molar-refractivity contribution in [2.75, 3.05) is 13.1 Å². The molecule has 3 aromatic rings. The molecule has 0 fully saturated rings. The highest BCUT2D eigenvalue weighted by Crippen LogP contribution is 2.09. The Morgan fingerprint density at radius 1 is 0.967 bits per heavy atom. The monoisotopic (exact) mass is 406 g/mol. The minimum absolute atomic E-state index is 0.0667. The Morgan fingerprint density at radius 3 is 2.20 bits per heavy atom. The Balaban J connectivity index is 2.25. The maximum Gasteiger partial charge on any atom is 0.352 e. The van der Waals surface area contributed by atoms with Crippen molar-refractivity contribution in [2.45, 2.75) is 34.2 Å². The lowest BCUT2D eigenvalue weighted by Crippen LogP contribution is -2.46. The lowest BCUT2D eigenvalue weighted by Gasteiger charge is -2.19. The summed E-state index contributed by atoms with van der Waals surface area (Å²) >= 11 is 0. The van der Waals surface area contributed by atoms with Crippen molar-refractivity contribution in [3.8, 4) is 5.69 Å². The van der Waals surface area contributed by atoms with Gasteiger partial charge in [0.25, 0.3) is 11.5 Å². The van der Waals surface area contributed by atoms with Crippen LogP contribution in [0.3, 0.4) is 0 Å². The van der Waals surface area contributed by atoms with Crippen LogP contribution in [0.15, 0.2) is 58.1 Å². The van der Waals surface area contributed by atoms with Crippen molar-refractivity contribution in [1.82, 2.24) is 19.2 Å². The molecular formula is C23H26N4O3. The summed E-state index contributed by atoms with van der Waals surface area (Å²) in [6.45, 7) is 8.48. The molecule has 0 N–H and O–H groups in total. The van der Waals surface area contributed by atoms with E-state index in [0.29, 0.717) is 18.8 Å². The first-order chi connectivity index (χ1) is 14.4. The molecule has 0 unspecified atom stereocenters. The first-order valence-electron chi connectivity index (χ1n) is 10.0. The first kappa shape index (κ1) is 21.2. The Hall–Kier alpha value is -3.48. The van der Waals surface area contributed by atoms with Crippen LogP contribution >= 0.6 is 0 Å². The quantitative estimate of drug-likeness (QED) is 0.630. The van der Waals surface area contributed by atoms with Gasteiger partial charge in [-0.2, -0.15) is 9.78 Å². The molecule has 1 aromatic heterocycles. The Bertz CT molecular complexity index is 1170. The van der Waals surface area contributed by atoms with E-state index in [1.54, 1.807) is 12.1 Å². The highest BCUT2D eigenvalue weighted by molar-refractivity contribution is 5.91. The fourth-order valence-electron chi connectivity index (χ4n) is 3.26. The molecule has 0 atom stereocenters. The van der Waals surface area contributed by atoms with Gasteiger partial charge in [-0.3, -0.25) is 14.2 Å². The molecule has 3 rings (SSSR count). The van der Waals surface area contributed by atoms with Crippen LogP contribution in [0.1, 0.15) is 41.0 Å². The second-order valence-electron chi connectivity index (χ2n) is 7.17. The van der Waals surface area contributed by atoms with Crippen molar-refractivity contribution in [1.29, 1.82) is 0 Å². The number of benzene rings is 2. The Kier molecular flexibility index (Phi) is 6.30. The van der Waals surface area contributed by atoms with E-state index in [0.717, 1.165) is 25.9 Å². The molecule has 0 bridgehead atoms. The van der Waals surface area contributed by atoms with Crippen LogP contribution in [0.2, 0.25) is 0 Å². The minimum Gasteiger partial charge on any atom is -0.338 e. The molecule has 7 heteroatoms. The van der Waals surface area contributed by atoms with E-state index >= 15 is 0 Å². The van der Waals surface area contributed by atoms with Crippen molar-refractivity contribution in [3.05, 3.63) is 91.8 Å². The summed E-state index contributed by atoms with van der Waals surface area (Å²) < 4.78 is 2.22. The number of hydrogen-bond acceptors (Lipinski definition) is 4. The van der Waals surface area contributed by atoms with Crippen LogP contribution in [0, 0.1) is 13.8 Å². The number of carbonyl (C=O) groups is 1. The van der Waals surface area contributed by atoms with Gasteiger partial charge in [0.2, 0.25) is 5.69 Å². The first-order valence-corrected chi connectivity index (χ1v) is 10.0. The number of carbonyl (C=O) groups excluding carboxylic acids is 1. The van der Waals surface area contributed by atoms with Crippen LogP contribution in [0.4, 0.5) is 0 Å². The molecule has 0 aliphatic heterocycles. The van der Waals surface area contributed by atoms with Gasteiger partial charge in [0.05, 0.1) is 12.2 Å². The summed E-state index contributed by atoms with van der Waals surface area (Å²) in [5.41, 5.74) is 1.80. The third-order valence-corrected chi connectivity index (χ3v) is 5.18. The smallest absolute Gasteiger partial charge is 0.338 e. The van der Waals surface area contributed by atoms with E-state index in [2.05, 4.69) is 5.10 Å². The fourth-order valence-corrected chi connectivity index (χ4v) is 3.26. The van der Waals surface area contributed by atoms with Crippen molar-refractivity contribution < 1.29 is 4.79 Å². The van der Waals surface area contributed by atoms with Gasteiger partial charge in [-0.25, -0.2) is 4.79 Å². The van der Waals surface area contributed by atoms with Gasteiger partial charge in [-0.15, -0.1) is 0 Å². The minimum atomic E-state index is -0.677. The Morgan fingerprint density at radius 2 is 1.60 bits per heavy atom. The molecule has 0 aliphatic carbocycles. The van der Waals surface area contributed by atoms with E-state index in [4.69, 9.17) is 0 Å². The second-order valence-corrected chi connectivity index (χ2v) is 7.17. The number of aryl methyl sites for hydroxylation is 2. The predicted molar refractivity (Wildman–Crippen MR) is 116 cm³/mol. The van der Waals surface area contributed by atoms with Crippen LogP contribution in [-0.2, 0) is 6.54 Å². The van der Waals surface area contributed by atoms with Crippen LogP contribution in [0.25, 0.3) is 5.69 Å². The van der Waals surface area contributed by atoms with Crippen molar-refractivity contribution in [2.24, 2.45) is 0 Å². The normalized spacial score (nSPS) is 10.8. The molecule has 7 nitrogen and oxygen atoms in total. The fraction of sp³-hybridized carbons (Fsp3) is 0.304. The van der Waals surface area contributed by atoms with Gasteiger partial charge in [-0.05, 0) is 51.0 Å². The number of rotatable bonds is 6. The largest absolute Gasteiger partial charge is 0.352 e. The second kappa shape index (κ2) is 8.90. The molecule has 0 radical (unpaired) electrons. The standard InChI is InChI=1S/C23H26N4O3/c1-5-25(6-2)21(28)20-22(29)26(15-18-10-8-7-9-17(18)4)23(30)27(24-20)19-13-11-16(3)12-14-19/h7-14H,5-6,15H2,1-4H3. The number of hydrogen-bond donors (Lipinski definition) is 0. The highest BCUT2D eigenvalue weighted by atomic mass is 16.2. The zero-order chi connectivity index (χ0) is 21.8. The lowest BCUT2D eigenvalue weighted by atomic mass is 10.1. The predicted octanol–water partition coefficient (Wildman–Crippen LogP) is 2.54. The van der Waals surface area contributed by atoms with Gasteiger partial charge in [0.1, 0.15) is 0 Å². The van der Waals surface area contributed by atoms with Crippen molar-refractivity contribution in [3.63, 3.8) is 0 Å². The maximum absolute atomic E-state index is 13.2. The van der Waals surface area contributed by atoms with E-state index in [1.165, 1.54) is 4.90 Å². The van der Waals surface area contributed by atoms with E-state index in [1.807, 2.05) is 64.1 Å². The molecule has 0 saturated carbocycles. The van der Waals surface area contributed by atoms with Crippen LogP contribution in [0.5, 0.6) is 0 Å². The number of nitrogens with zero attached hydrogens (tertiary/aromatic N) is 4. The molecule has 1 heterocycles. The highest BCUT2D eigenvalue weighted by Gasteiger charge is 2.23. The van der Waals surface area contributed by atoms with Crippen LogP contribution < -0.4 is 11.2 Å². The Labute approximate surface area is 175 Å². The average molecular weight is 406 g/mol. The third-order valence-electron chi connectivity index (χ3n) is 5.18. The molecule has 0 aliphatic rings. The molecule has 0 spiro atoms. The summed E-state index contributed by atoms with van der Waals surface area (Å²) in [7, 11) is 0. The zero-order valence-electron chi connectivity index (χ0n) is 17.8. The van der Waals surface area contributed by atoms with Gasteiger partial charge in [0.15, 0.2) is 0 Å². The number of amides is 1. The van der Waals surface area contributed by atoms with Gasteiger partial charge in [0, 0.05) is 13.1 Å². The summed E-state index contributed by atoms with van der Waals surface area (Å²) in [4.78, 5) is 40.9. The lowest BCUT2D eigenvalue weighted by molar-refractivity contribution is 0.0761. The summed E-state index contributed by atoms with van der Waals surface area (Å²) in [6.07, 6.45) is 0. The molecule has 0 saturated heterocycles. The summed E-state index contributed by atoms with van der Waals surface area (Å²) in [5.74, 6) is -0.482. The van der Waals surface area contributed by atoms with Gasteiger partial charge >= 0.3 is 5.69 Å². The van der Waals surface area contributed by atoms with Crippen LogP contribution in [-0.4, -0.2) is 38.2 Å². The molecular weight excluding hydrogens is 380 g/mol. The molecule has 1 amide bonds. The maximum atomic E-state index is 13.2. The zero-order valence-corrected chi connectivity index (χ0v) is 17.8.